The molecule has 0 atom stereocenters. The van der Waals surface area contributed by atoms with Gasteiger partial charge in [0.1, 0.15) is 0 Å². The Balaban J connectivity index is 1.84. The number of nitrogens with zero attached hydrogens (tertiary/aromatic N) is 3. The summed E-state index contributed by atoms with van der Waals surface area (Å²) in [5.74, 6) is -0.361. The second-order valence-electron chi connectivity index (χ2n) is 6.90. The van der Waals surface area contributed by atoms with Gasteiger partial charge in [0.05, 0.1) is 0 Å². The second kappa shape index (κ2) is 11.4. The number of nitrogens with two attached hydrogens (primary N) is 1. The Morgan fingerprint density at radius 3 is 2.38 bits per heavy atom. The van der Waals surface area contributed by atoms with Gasteiger partial charge in [-0.1, -0.05) is 23.8 Å². The molecule has 29 heavy (non-hydrogen) atoms. The lowest BCUT2D eigenvalue weighted by Gasteiger charge is -2.36. The summed E-state index contributed by atoms with van der Waals surface area (Å²) in [4.78, 5) is 32.3. The zero-order valence-electron chi connectivity index (χ0n) is 17.1. The van der Waals surface area contributed by atoms with Gasteiger partial charge < -0.3 is 15.5 Å². The minimum Gasteiger partial charge on any atom is -0.368 e. The summed E-state index contributed by atoms with van der Waals surface area (Å²) in [6.07, 6.45) is 6.67. The average Bonchev–Trinajstić information content (AvgIpc) is 2.72. The first-order valence-electron chi connectivity index (χ1n) is 9.79. The van der Waals surface area contributed by atoms with Crippen LogP contribution in [0.4, 0.5) is 5.69 Å². The number of benzene rings is 1. The average molecular weight is 417 g/mol. The Morgan fingerprint density at radius 2 is 1.83 bits per heavy atom. The fourth-order valence-electron chi connectivity index (χ4n) is 3.26. The van der Waals surface area contributed by atoms with Crippen LogP contribution in [0.1, 0.15) is 26.2 Å². The van der Waals surface area contributed by atoms with Gasteiger partial charge >= 0.3 is 0 Å². The van der Waals surface area contributed by atoms with E-state index in [4.69, 9.17) is 17.3 Å². The third-order valence-corrected chi connectivity index (χ3v) is 5.20. The molecule has 1 aliphatic rings. The molecule has 1 aliphatic heterocycles. The molecule has 2 rings (SSSR count). The molecule has 156 valence electrons. The van der Waals surface area contributed by atoms with E-state index in [0.717, 1.165) is 29.4 Å². The van der Waals surface area contributed by atoms with Crippen LogP contribution in [0.25, 0.3) is 0 Å². The molecule has 1 heterocycles. The Hall–Kier alpha value is -2.60. The maximum absolute atomic E-state index is 12.5. The number of aliphatic imine (C=N–C) groups is 1. The number of anilines is 1. The van der Waals surface area contributed by atoms with Gasteiger partial charge in [-0.05, 0) is 43.2 Å². The molecular weight excluding hydrogens is 388 g/mol. The van der Waals surface area contributed by atoms with Gasteiger partial charge in [0.25, 0.3) is 0 Å². The molecule has 0 spiro atoms. The SMILES string of the molecule is C/C=C(\C=NC)C/C(=C/CCC(=O)N1CCN(c2ccc(Cl)cc2)CC1)C(N)=O. The molecule has 0 radical (unpaired) electrons. The van der Waals surface area contributed by atoms with Crippen molar-refractivity contribution >= 4 is 35.3 Å². The van der Waals surface area contributed by atoms with Crippen molar-refractivity contribution in [3.8, 4) is 0 Å². The number of piperazine rings is 1. The van der Waals surface area contributed by atoms with E-state index in [-0.39, 0.29) is 5.91 Å². The van der Waals surface area contributed by atoms with Gasteiger partial charge in [0.2, 0.25) is 11.8 Å². The highest BCUT2D eigenvalue weighted by atomic mass is 35.5. The molecule has 0 aliphatic carbocycles. The van der Waals surface area contributed by atoms with E-state index in [1.54, 1.807) is 19.3 Å². The number of primary amides is 1. The van der Waals surface area contributed by atoms with Crippen molar-refractivity contribution in [1.29, 1.82) is 0 Å². The van der Waals surface area contributed by atoms with Gasteiger partial charge in [0.15, 0.2) is 0 Å². The van der Waals surface area contributed by atoms with Crippen molar-refractivity contribution in [2.75, 3.05) is 38.1 Å². The Bertz CT molecular complexity index is 792. The van der Waals surface area contributed by atoms with Crippen LogP contribution >= 0.6 is 11.6 Å². The summed E-state index contributed by atoms with van der Waals surface area (Å²) in [5, 5.41) is 0.717. The predicted octanol–water partition coefficient (Wildman–Crippen LogP) is 3.22. The lowest BCUT2D eigenvalue weighted by atomic mass is 10.0. The van der Waals surface area contributed by atoms with Crippen LogP contribution < -0.4 is 10.6 Å². The van der Waals surface area contributed by atoms with E-state index in [1.807, 2.05) is 42.2 Å². The zero-order valence-corrected chi connectivity index (χ0v) is 17.9. The fourth-order valence-corrected chi connectivity index (χ4v) is 3.39. The molecule has 1 aromatic carbocycles. The molecule has 2 amide bonds. The van der Waals surface area contributed by atoms with E-state index < -0.39 is 5.91 Å². The van der Waals surface area contributed by atoms with Crippen LogP contribution in [0.15, 0.2) is 52.6 Å². The van der Waals surface area contributed by atoms with Crippen molar-refractivity contribution in [2.24, 2.45) is 10.7 Å². The largest absolute Gasteiger partial charge is 0.368 e. The van der Waals surface area contributed by atoms with E-state index in [2.05, 4.69) is 9.89 Å². The number of hydrogen-bond donors (Lipinski definition) is 1. The third-order valence-electron chi connectivity index (χ3n) is 4.95. The zero-order chi connectivity index (χ0) is 21.2. The van der Waals surface area contributed by atoms with Crippen molar-refractivity contribution in [2.45, 2.75) is 26.2 Å². The van der Waals surface area contributed by atoms with Crippen molar-refractivity contribution < 1.29 is 9.59 Å². The van der Waals surface area contributed by atoms with Gasteiger partial charge in [-0.15, -0.1) is 0 Å². The lowest BCUT2D eigenvalue weighted by molar-refractivity contribution is -0.131. The minimum atomic E-state index is -0.460. The molecule has 1 aromatic rings. The number of carbonyl (C=O) groups excluding carboxylic acids is 2. The van der Waals surface area contributed by atoms with Crippen molar-refractivity contribution in [3.63, 3.8) is 0 Å². The summed E-state index contributed by atoms with van der Waals surface area (Å²) >= 11 is 5.94. The van der Waals surface area contributed by atoms with Crippen LogP contribution in [0, 0.1) is 0 Å². The number of carbonyl (C=O) groups is 2. The molecule has 1 fully saturated rings. The third kappa shape index (κ3) is 7.06. The number of allylic oxidation sites excluding steroid dienone is 3. The minimum absolute atomic E-state index is 0.0993. The molecule has 0 unspecified atom stereocenters. The molecule has 0 saturated carbocycles. The van der Waals surface area contributed by atoms with E-state index in [9.17, 15) is 9.59 Å². The van der Waals surface area contributed by atoms with Crippen LogP contribution in [0.3, 0.4) is 0 Å². The molecule has 6 nitrogen and oxygen atoms in total. The summed E-state index contributed by atoms with van der Waals surface area (Å²) < 4.78 is 0. The van der Waals surface area contributed by atoms with Crippen LogP contribution in [-0.4, -0.2) is 56.2 Å². The first-order valence-corrected chi connectivity index (χ1v) is 10.2. The Kier molecular flexibility index (Phi) is 8.93. The maximum atomic E-state index is 12.5. The van der Waals surface area contributed by atoms with Crippen LogP contribution in [-0.2, 0) is 9.59 Å². The normalized spacial score (nSPS) is 15.8. The number of halogens is 1. The molecule has 0 aromatic heterocycles. The van der Waals surface area contributed by atoms with Crippen LogP contribution in [0.2, 0.25) is 5.02 Å². The fraction of sp³-hybridized carbons (Fsp3) is 0.409. The number of rotatable bonds is 8. The number of amides is 2. The first-order chi connectivity index (χ1) is 13.9. The van der Waals surface area contributed by atoms with Crippen molar-refractivity contribution in [3.05, 3.63) is 52.6 Å². The molecule has 2 N–H and O–H groups in total. The highest BCUT2D eigenvalue weighted by Crippen LogP contribution is 2.20. The summed E-state index contributed by atoms with van der Waals surface area (Å²) in [6.45, 7) is 4.84. The van der Waals surface area contributed by atoms with E-state index in [0.29, 0.717) is 37.9 Å². The quantitative estimate of drug-likeness (QED) is 0.522. The first kappa shape index (κ1) is 22.7. The molecule has 7 heteroatoms. The van der Waals surface area contributed by atoms with Gasteiger partial charge in [-0.2, -0.15) is 0 Å². The monoisotopic (exact) mass is 416 g/mol. The van der Waals surface area contributed by atoms with Crippen LogP contribution in [0.5, 0.6) is 0 Å². The Labute approximate surface area is 177 Å². The van der Waals surface area contributed by atoms with Gasteiger partial charge in [-0.25, -0.2) is 0 Å². The maximum Gasteiger partial charge on any atom is 0.244 e. The van der Waals surface area contributed by atoms with Crippen molar-refractivity contribution in [1.82, 2.24) is 4.90 Å². The summed E-state index contributed by atoms with van der Waals surface area (Å²) in [5.41, 5.74) is 8.04. The Morgan fingerprint density at radius 1 is 1.17 bits per heavy atom. The lowest BCUT2D eigenvalue weighted by Crippen LogP contribution is -2.48. The highest BCUT2D eigenvalue weighted by Gasteiger charge is 2.20. The second-order valence-corrected chi connectivity index (χ2v) is 7.34. The molecule has 1 saturated heterocycles. The van der Waals surface area contributed by atoms with Gasteiger partial charge in [0, 0.05) is 68.6 Å². The number of hydrogen-bond acceptors (Lipinski definition) is 4. The van der Waals surface area contributed by atoms with E-state index in [1.165, 1.54) is 0 Å². The highest BCUT2D eigenvalue weighted by molar-refractivity contribution is 6.30. The molecule has 0 bridgehead atoms. The standard InChI is InChI=1S/C22H29ClN4O2/c1-3-17(16-25-2)15-18(22(24)29)5-4-6-21(28)27-13-11-26(12-14-27)20-9-7-19(23)8-10-20/h3,5,7-10,16H,4,6,11-15H2,1-2H3,(H2,24,29)/b17-3-,18-5-,25-16?. The summed E-state index contributed by atoms with van der Waals surface area (Å²) in [7, 11) is 1.68. The van der Waals surface area contributed by atoms with Gasteiger partial charge in [-0.3, -0.25) is 14.6 Å². The van der Waals surface area contributed by atoms with E-state index >= 15 is 0 Å². The topological polar surface area (TPSA) is 79.0 Å². The smallest absolute Gasteiger partial charge is 0.244 e. The summed E-state index contributed by atoms with van der Waals surface area (Å²) in [6, 6.07) is 7.75. The molecular formula is C22H29ClN4O2. The predicted molar refractivity (Wildman–Crippen MR) is 120 cm³/mol.